The fraction of sp³-hybridized carbons (Fsp3) is 0.960. The van der Waals surface area contributed by atoms with Gasteiger partial charge in [0.2, 0.25) is 0 Å². The topological polar surface area (TPSA) is 119 Å². The second-order valence-electron chi connectivity index (χ2n) is 8.81. The summed E-state index contributed by atoms with van der Waals surface area (Å²) in [5.74, 6) is -0.309. The summed E-state index contributed by atoms with van der Waals surface area (Å²) in [4.78, 5) is 10.6. The monoisotopic (exact) mass is 572 g/mol. The Balaban J connectivity index is 3.05. The normalized spacial score (nSPS) is 11.8. The molecule has 13 heteroatoms. The van der Waals surface area contributed by atoms with Gasteiger partial charge in [0.1, 0.15) is 6.61 Å². The largest absolute Gasteiger partial charge is 0.463 e. The van der Waals surface area contributed by atoms with E-state index in [-0.39, 0.29) is 12.6 Å². The van der Waals surface area contributed by atoms with Crippen molar-refractivity contribution in [2.24, 2.45) is 0 Å². The molecule has 38 heavy (non-hydrogen) atoms. The summed E-state index contributed by atoms with van der Waals surface area (Å²) in [5.41, 5.74) is 0. The van der Waals surface area contributed by atoms with Gasteiger partial charge in [0.25, 0.3) is 0 Å². The molecule has 0 aliphatic rings. The molecule has 228 valence electrons. The van der Waals surface area contributed by atoms with Crippen LogP contribution in [0, 0.1) is 0 Å². The Bertz CT molecular complexity index is 493. The van der Waals surface area contributed by atoms with Gasteiger partial charge in [-0.25, -0.2) is 0 Å². The highest BCUT2D eigenvalue weighted by Crippen LogP contribution is 2.01. The van der Waals surface area contributed by atoms with Crippen LogP contribution >= 0.6 is 0 Å². The molecule has 0 aromatic rings. The van der Waals surface area contributed by atoms with Gasteiger partial charge in [-0.3, -0.25) is 4.79 Å². The molecule has 0 atom stereocenters. The molecule has 0 aromatic carbocycles. The highest BCUT2D eigenvalue weighted by Gasteiger charge is 2.13. The number of esters is 1. The minimum Gasteiger partial charge on any atom is -0.463 e. The van der Waals surface area contributed by atoms with Gasteiger partial charge in [0.15, 0.2) is 8.32 Å². The average Bonchev–Trinajstić information content (AvgIpc) is 2.86. The van der Waals surface area contributed by atoms with Crippen LogP contribution in [0.25, 0.3) is 0 Å². The number of ether oxygens (including phenoxy) is 10. The van der Waals surface area contributed by atoms with E-state index in [1.54, 1.807) is 0 Å². The van der Waals surface area contributed by atoms with Crippen molar-refractivity contribution in [3.8, 4) is 0 Å². The third-order valence-electron chi connectivity index (χ3n) is 4.27. The van der Waals surface area contributed by atoms with E-state index in [0.717, 1.165) is 0 Å². The van der Waals surface area contributed by atoms with Crippen molar-refractivity contribution in [3.05, 3.63) is 0 Å². The maximum absolute atomic E-state index is 10.6. The summed E-state index contributed by atoms with van der Waals surface area (Å²) in [6, 6.07) is 0. The van der Waals surface area contributed by atoms with Crippen molar-refractivity contribution in [3.63, 3.8) is 0 Å². The number of carbonyl (C=O) groups excluding carboxylic acids is 1. The Kier molecular flexibility index (Phi) is 28.7. The van der Waals surface area contributed by atoms with E-state index in [9.17, 15) is 4.79 Å². The summed E-state index contributed by atoms with van der Waals surface area (Å²) in [7, 11) is -1.45. The van der Waals surface area contributed by atoms with Gasteiger partial charge in [-0.15, -0.1) is 0 Å². The fourth-order valence-electron chi connectivity index (χ4n) is 2.51. The van der Waals surface area contributed by atoms with E-state index in [1.807, 2.05) is 0 Å². The Hall–Kier alpha value is -0.713. The molecule has 0 radical (unpaired) electrons. The molecule has 0 aliphatic heterocycles. The molecule has 0 unspecified atom stereocenters. The molecule has 0 saturated heterocycles. The lowest BCUT2D eigenvalue weighted by atomic mass is 10.6. The molecule has 0 fully saturated rings. The zero-order valence-corrected chi connectivity index (χ0v) is 25.0. The lowest BCUT2D eigenvalue weighted by molar-refractivity contribution is -0.142. The van der Waals surface area contributed by atoms with E-state index in [2.05, 4.69) is 19.6 Å². The number of rotatable bonds is 31. The SMILES string of the molecule is CC(=O)OCCOCCOCCOCCOCCOCCOCCOCCOCCOCCO[Si](C)(C)C. The van der Waals surface area contributed by atoms with Crippen LogP contribution in [0.1, 0.15) is 6.92 Å². The van der Waals surface area contributed by atoms with Crippen LogP contribution in [0.5, 0.6) is 0 Å². The zero-order chi connectivity index (χ0) is 28.0. The lowest BCUT2D eigenvalue weighted by Gasteiger charge is -2.16. The first kappa shape index (κ1) is 37.3. The number of carbonyl (C=O) groups is 1. The molecule has 0 heterocycles. The second-order valence-corrected chi connectivity index (χ2v) is 13.3. The third kappa shape index (κ3) is 35.3. The Morgan fingerprint density at radius 1 is 0.395 bits per heavy atom. The van der Waals surface area contributed by atoms with E-state index in [1.165, 1.54) is 6.92 Å². The highest BCUT2D eigenvalue weighted by molar-refractivity contribution is 6.69. The number of hydrogen-bond donors (Lipinski definition) is 0. The van der Waals surface area contributed by atoms with Crippen LogP contribution in [-0.2, 0) is 56.6 Å². The van der Waals surface area contributed by atoms with Crippen LogP contribution < -0.4 is 0 Å². The van der Waals surface area contributed by atoms with Crippen molar-refractivity contribution in [2.45, 2.75) is 26.6 Å². The minimum absolute atomic E-state index is 0.261. The number of hydrogen-bond acceptors (Lipinski definition) is 12. The summed E-state index contributed by atoms with van der Waals surface area (Å²) >= 11 is 0. The van der Waals surface area contributed by atoms with Crippen LogP contribution in [0.3, 0.4) is 0 Å². The lowest BCUT2D eigenvalue weighted by Crippen LogP contribution is -2.27. The maximum Gasteiger partial charge on any atom is 0.302 e. The average molecular weight is 573 g/mol. The van der Waals surface area contributed by atoms with Crippen LogP contribution in [-0.4, -0.2) is 146 Å². The molecule has 0 aliphatic carbocycles. The molecule has 0 amide bonds. The van der Waals surface area contributed by atoms with Crippen molar-refractivity contribution in [1.29, 1.82) is 0 Å². The fourth-order valence-corrected chi connectivity index (χ4v) is 3.21. The van der Waals surface area contributed by atoms with Gasteiger partial charge in [0.05, 0.1) is 126 Å². The summed E-state index contributed by atoms with van der Waals surface area (Å²) in [5, 5.41) is 0. The van der Waals surface area contributed by atoms with Gasteiger partial charge in [-0.1, -0.05) is 0 Å². The van der Waals surface area contributed by atoms with Crippen LogP contribution in [0.15, 0.2) is 0 Å². The molecule has 0 bridgehead atoms. The van der Waals surface area contributed by atoms with Crippen LogP contribution in [0.2, 0.25) is 19.6 Å². The molecule has 0 rings (SSSR count). The molecule has 0 saturated carbocycles. The predicted molar refractivity (Wildman–Crippen MR) is 143 cm³/mol. The van der Waals surface area contributed by atoms with Gasteiger partial charge in [-0.2, -0.15) is 0 Å². The van der Waals surface area contributed by atoms with Crippen molar-refractivity contribution >= 4 is 14.3 Å². The first-order valence-electron chi connectivity index (χ1n) is 13.4. The smallest absolute Gasteiger partial charge is 0.302 e. The summed E-state index contributed by atoms with van der Waals surface area (Å²) in [6.45, 7) is 17.9. The molecule has 12 nitrogen and oxygen atoms in total. The maximum atomic E-state index is 10.6. The van der Waals surface area contributed by atoms with Crippen LogP contribution in [0.4, 0.5) is 0 Å². The highest BCUT2D eigenvalue weighted by atomic mass is 28.4. The molecular formula is C25H52O12Si. The van der Waals surface area contributed by atoms with Gasteiger partial charge in [-0.05, 0) is 19.6 Å². The first-order valence-corrected chi connectivity index (χ1v) is 16.8. The molecule has 0 N–H and O–H groups in total. The molecular weight excluding hydrogens is 520 g/mol. The van der Waals surface area contributed by atoms with Gasteiger partial charge >= 0.3 is 5.97 Å². The van der Waals surface area contributed by atoms with E-state index < -0.39 is 8.32 Å². The zero-order valence-electron chi connectivity index (χ0n) is 24.0. The molecule has 0 aromatic heterocycles. The minimum atomic E-state index is -1.45. The predicted octanol–water partition coefficient (Wildman–Crippen LogP) is 1.55. The third-order valence-corrected chi connectivity index (χ3v) is 5.34. The van der Waals surface area contributed by atoms with Gasteiger partial charge in [0, 0.05) is 6.92 Å². The standard InChI is InChI=1S/C25H52O12Si/c1-25(26)36-23-21-34-19-17-32-15-13-30-11-9-28-7-5-27-6-8-29-10-12-31-14-16-33-18-20-35-22-24-37-38(2,3)4/h5-24H2,1-4H3. The Labute approximate surface area is 229 Å². The van der Waals surface area contributed by atoms with Crippen molar-refractivity contribution < 1.29 is 56.6 Å². The first-order chi connectivity index (χ1) is 18.4. The summed E-state index contributed by atoms with van der Waals surface area (Å²) < 4.78 is 59.2. The Morgan fingerprint density at radius 3 is 0.816 bits per heavy atom. The van der Waals surface area contributed by atoms with E-state index >= 15 is 0 Å². The van der Waals surface area contributed by atoms with E-state index in [4.69, 9.17) is 51.8 Å². The Morgan fingerprint density at radius 2 is 0.605 bits per heavy atom. The quantitative estimate of drug-likeness (QED) is 0.0681. The molecule has 0 spiro atoms. The van der Waals surface area contributed by atoms with Gasteiger partial charge < -0.3 is 51.8 Å². The summed E-state index contributed by atoms with van der Waals surface area (Å²) in [6.07, 6.45) is 0. The van der Waals surface area contributed by atoms with Crippen molar-refractivity contribution in [2.75, 3.05) is 132 Å². The van der Waals surface area contributed by atoms with Crippen molar-refractivity contribution in [1.82, 2.24) is 0 Å². The second kappa shape index (κ2) is 29.3. The van der Waals surface area contributed by atoms with E-state index in [0.29, 0.717) is 126 Å².